The normalized spacial score (nSPS) is 18.4. The number of aromatic nitrogens is 2. The summed E-state index contributed by atoms with van der Waals surface area (Å²) in [7, 11) is 0. The van der Waals surface area contributed by atoms with Crippen molar-refractivity contribution in [1.82, 2.24) is 15.1 Å². The van der Waals surface area contributed by atoms with Crippen LogP contribution in [0.25, 0.3) is 0 Å². The van der Waals surface area contributed by atoms with Crippen LogP contribution in [0, 0.1) is 0 Å². The molecule has 0 radical (unpaired) electrons. The van der Waals surface area contributed by atoms with Crippen LogP contribution in [0.3, 0.4) is 0 Å². The van der Waals surface area contributed by atoms with Crippen molar-refractivity contribution < 1.29 is 18.0 Å². The molecule has 0 fully saturated rings. The number of benzene rings is 2. The number of nitrogens with one attached hydrogen (secondary N) is 2. The summed E-state index contributed by atoms with van der Waals surface area (Å²) in [5.74, 6) is -0.389. The lowest BCUT2D eigenvalue weighted by molar-refractivity contribution is -0.173. The van der Waals surface area contributed by atoms with Crippen LogP contribution in [0.4, 0.5) is 19.0 Å². The number of rotatable bonds is 4. The highest BCUT2D eigenvalue weighted by Crippen LogP contribution is 2.43. The standard InChI is InChI=1S/C21H18ClF3N4O/c22-15-8-6-13(7-9-15)12-26-20(30)17-11-19-27-16(14-4-2-1-3-5-14)10-18(21(23,24)25)29(19)28-17/h1-9,11,16,18,27H,10,12H2,(H,26,30)/t16-,18+/m0/s1. The third-order valence-corrected chi connectivity index (χ3v) is 5.24. The van der Waals surface area contributed by atoms with Crippen molar-refractivity contribution in [3.63, 3.8) is 0 Å². The highest BCUT2D eigenvalue weighted by atomic mass is 35.5. The Bertz CT molecular complexity index is 1030. The largest absolute Gasteiger partial charge is 0.410 e. The van der Waals surface area contributed by atoms with Crippen LogP contribution in [0.1, 0.15) is 40.1 Å². The SMILES string of the molecule is O=C(NCc1ccc(Cl)cc1)c1cc2n(n1)[C@@H](C(F)(F)F)C[C@@H](c1ccccc1)N2. The van der Waals surface area contributed by atoms with Gasteiger partial charge in [-0.15, -0.1) is 0 Å². The molecular formula is C21H18ClF3N4O. The minimum absolute atomic E-state index is 0.0746. The van der Waals surface area contributed by atoms with Crippen LogP contribution in [0.15, 0.2) is 60.7 Å². The monoisotopic (exact) mass is 434 g/mol. The quantitative estimate of drug-likeness (QED) is 0.598. The maximum absolute atomic E-state index is 13.7. The van der Waals surface area contributed by atoms with Crippen molar-refractivity contribution in [2.75, 3.05) is 5.32 Å². The average Bonchev–Trinajstić information content (AvgIpc) is 3.16. The summed E-state index contributed by atoms with van der Waals surface area (Å²) < 4.78 is 42.0. The highest BCUT2D eigenvalue weighted by molar-refractivity contribution is 6.30. The predicted octanol–water partition coefficient (Wildman–Crippen LogP) is 5.13. The van der Waals surface area contributed by atoms with Crippen LogP contribution < -0.4 is 10.6 Å². The summed E-state index contributed by atoms with van der Waals surface area (Å²) in [6.45, 7) is 0.209. The Kier molecular flexibility index (Phi) is 5.42. The second kappa shape index (κ2) is 8.02. The Morgan fingerprint density at radius 2 is 1.87 bits per heavy atom. The summed E-state index contributed by atoms with van der Waals surface area (Å²) in [6.07, 6.45) is -4.71. The molecular weight excluding hydrogens is 417 g/mol. The smallest absolute Gasteiger partial charge is 0.363 e. The molecule has 30 heavy (non-hydrogen) atoms. The van der Waals surface area contributed by atoms with E-state index in [1.807, 2.05) is 0 Å². The average molecular weight is 435 g/mol. The number of fused-ring (bicyclic) bond motifs is 1. The maximum Gasteiger partial charge on any atom is 0.410 e. The lowest BCUT2D eigenvalue weighted by Crippen LogP contribution is -2.35. The van der Waals surface area contributed by atoms with E-state index < -0.39 is 24.2 Å². The maximum atomic E-state index is 13.7. The Hall–Kier alpha value is -3.00. The number of halogens is 4. The van der Waals surface area contributed by atoms with Crippen molar-refractivity contribution in [3.8, 4) is 0 Å². The summed E-state index contributed by atoms with van der Waals surface area (Å²) in [6, 6.07) is 14.8. The van der Waals surface area contributed by atoms with Crippen LogP contribution in [0.5, 0.6) is 0 Å². The zero-order chi connectivity index (χ0) is 21.3. The van der Waals surface area contributed by atoms with Gasteiger partial charge in [0.1, 0.15) is 5.82 Å². The molecule has 156 valence electrons. The van der Waals surface area contributed by atoms with Gasteiger partial charge in [0.15, 0.2) is 11.7 Å². The zero-order valence-corrected chi connectivity index (χ0v) is 16.4. The molecule has 5 nitrogen and oxygen atoms in total. The number of hydrogen-bond acceptors (Lipinski definition) is 3. The molecule has 1 amide bonds. The van der Waals surface area contributed by atoms with E-state index in [1.165, 1.54) is 6.07 Å². The van der Waals surface area contributed by atoms with Crippen molar-refractivity contribution in [2.24, 2.45) is 0 Å². The number of carbonyl (C=O) groups is 1. The first-order chi connectivity index (χ1) is 14.3. The van der Waals surface area contributed by atoms with Crippen molar-refractivity contribution in [1.29, 1.82) is 0 Å². The van der Waals surface area contributed by atoms with Gasteiger partial charge in [-0.2, -0.15) is 18.3 Å². The fourth-order valence-electron chi connectivity index (χ4n) is 3.46. The van der Waals surface area contributed by atoms with Crippen LogP contribution in [0.2, 0.25) is 5.02 Å². The predicted molar refractivity (Wildman–Crippen MR) is 107 cm³/mol. The van der Waals surface area contributed by atoms with E-state index >= 15 is 0 Å². The molecule has 0 spiro atoms. The lowest BCUT2D eigenvalue weighted by atomic mass is 9.97. The van der Waals surface area contributed by atoms with E-state index in [4.69, 9.17) is 11.6 Å². The Balaban J connectivity index is 1.56. The van der Waals surface area contributed by atoms with Gasteiger partial charge in [-0.1, -0.05) is 54.1 Å². The van der Waals surface area contributed by atoms with Gasteiger partial charge in [-0.25, -0.2) is 4.68 Å². The second-order valence-corrected chi connectivity index (χ2v) is 7.51. The van der Waals surface area contributed by atoms with Crippen molar-refractivity contribution in [2.45, 2.75) is 31.2 Å². The molecule has 1 aromatic heterocycles. The van der Waals surface area contributed by atoms with E-state index in [2.05, 4.69) is 15.7 Å². The molecule has 1 aliphatic rings. The van der Waals surface area contributed by atoms with E-state index in [9.17, 15) is 18.0 Å². The van der Waals surface area contributed by atoms with Crippen molar-refractivity contribution >= 4 is 23.3 Å². The van der Waals surface area contributed by atoms with Crippen LogP contribution in [-0.2, 0) is 6.54 Å². The number of nitrogens with zero attached hydrogens (tertiary/aromatic N) is 2. The molecule has 0 saturated carbocycles. The van der Waals surface area contributed by atoms with Gasteiger partial charge in [0.05, 0.1) is 6.04 Å². The van der Waals surface area contributed by atoms with Gasteiger partial charge >= 0.3 is 6.18 Å². The van der Waals surface area contributed by atoms with Crippen molar-refractivity contribution in [3.05, 3.63) is 82.5 Å². The molecule has 2 N–H and O–H groups in total. The van der Waals surface area contributed by atoms with Gasteiger partial charge in [0.2, 0.25) is 0 Å². The minimum atomic E-state index is -4.49. The molecule has 9 heteroatoms. The highest BCUT2D eigenvalue weighted by Gasteiger charge is 2.46. The Morgan fingerprint density at radius 1 is 1.17 bits per heavy atom. The van der Waals surface area contributed by atoms with Gasteiger partial charge in [-0.05, 0) is 23.3 Å². The first-order valence-corrected chi connectivity index (χ1v) is 9.69. The Morgan fingerprint density at radius 3 is 2.53 bits per heavy atom. The summed E-state index contributed by atoms with van der Waals surface area (Å²) >= 11 is 5.84. The van der Waals surface area contributed by atoms with E-state index in [1.54, 1.807) is 54.6 Å². The van der Waals surface area contributed by atoms with Crippen LogP contribution >= 0.6 is 11.6 Å². The second-order valence-electron chi connectivity index (χ2n) is 7.07. The lowest BCUT2D eigenvalue weighted by Gasteiger charge is -2.33. The Labute approximate surface area is 175 Å². The first-order valence-electron chi connectivity index (χ1n) is 9.31. The minimum Gasteiger partial charge on any atom is -0.363 e. The molecule has 3 aromatic rings. The topological polar surface area (TPSA) is 59.0 Å². The van der Waals surface area contributed by atoms with Gasteiger partial charge in [-0.3, -0.25) is 4.79 Å². The molecule has 1 aliphatic heterocycles. The van der Waals surface area contributed by atoms with Crippen LogP contribution in [-0.4, -0.2) is 21.9 Å². The molecule has 2 heterocycles. The summed E-state index contributed by atoms with van der Waals surface area (Å²) in [5, 5.41) is 10.3. The zero-order valence-electron chi connectivity index (χ0n) is 15.7. The number of hydrogen-bond donors (Lipinski definition) is 2. The number of amides is 1. The third-order valence-electron chi connectivity index (χ3n) is 4.99. The molecule has 0 aliphatic carbocycles. The molecule has 0 unspecified atom stereocenters. The molecule has 4 rings (SSSR count). The molecule has 0 bridgehead atoms. The molecule has 2 atom stereocenters. The fourth-order valence-corrected chi connectivity index (χ4v) is 3.59. The van der Waals surface area contributed by atoms with E-state index in [0.29, 0.717) is 5.02 Å². The van der Waals surface area contributed by atoms with Gasteiger partial charge in [0.25, 0.3) is 5.91 Å². The summed E-state index contributed by atoms with van der Waals surface area (Å²) in [4.78, 5) is 12.5. The van der Waals surface area contributed by atoms with Gasteiger partial charge in [0, 0.05) is 24.1 Å². The summed E-state index contributed by atoms with van der Waals surface area (Å²) in [5.41, 5.74) is 1.48. The first kappa shape index (κ1) is 20.3. The van der Waals surface area contributed by atoms with E-state index in [0.717, 1.165) is 15.8 Å². The third kappa shape index (κ3) is 4.28. The number of alkyl halides is 3. The van der Waals surface area contributed by atoms with E-state index in [-0.39, 0.29) is 24.5 Å². The van der Waals surface area contributed by atoms with Gasteiger partial charge < -0.3 is 10.6 Å². The molecule has 2 aromatic carbocycles. The number of anilines is 1. The fraction of sp³-hybridized carbons (Fsp3) is 0.238. The number of carbonyl (C=O) groups excluding carboxylic acids is 1. The molecule has 0 saturated heterocycles.